The number of carbonyl (C=O) groups is 1. The van der Waals surface area contributed by atoms with Crippen LogP contribution in [-0.4, -0.2) is 11.1 Å². The highest BCUT2D eigenvalue weighted by Gasteiger charge is 2.20. The van der Waals surface area contributed by atoms with Gasteiger partial charge in [0.2, 0.25) is 0 Å². The Labute approximate surface area is 84.5 Å². The number of hydrogen-bond donors (Lipinski definition) is 1. The highest BCUT2D eigenvalue weighted by molar-refractivity contribution is 14.1. The normalized spacial score (nSPS) is 10.2. The molecule has 0 aliphatic heterocycles. The fourth-order valence-corrected chi connectivity index (χ4v) is 1.35. The number of halogens is 4. The van der Waals surface area contributed by atoms with Crippen molar-refractivity contribution in [2.75, 3.05) is 0 Å². The molecule has 0 bridgehead atoms. The highest BCUT2D eigenvalue weighted by atomic mass is 127. The Hall–Kier alpha value is -0.790. The molecule has 0 aromatic heterocycles. The number of hydrogen-bond acceptors (Lipinski definition) is 1. The van der Waals surface area contributed by atoms with Crippen LogP contribution in [0.5, 0.6) is 0 Å². The molecule has 0 saturated carbocycles. The van der Waals surface area contributed by atoms with Crippen molar-refractivity contribution < 1.29 is 23.1 Å². The second kappa shape index (κ2) is 3.52. The number of rotatable bonds is 1. The number of carboxylic acids is 1. The minimum absolute atomic E-state index is 0.441. The summed E-state index contributed by atoms with van der Waals surface area (Å²) in [4.78, 5) is 10.4. The lowest BCUT2D eigenvalue weighted by atomic mass is 10.2. The third-order valence-electron chi connectivity index (χ3n) is 1.33. The Morgan fingerprint density at radius 1 is 1.31 bits per heavy atom. The van der Waals surface area contributed by atoms with Gasteiger partial charge in [0.25, 0.3) is 0 Å². The highest BCUT2D eigenvalue weighted by Crippen LogP contribution is 2.21. The van der Waals surface area contributed by atoms with Gasteiger partial charge in [-0.25, -0.2) is 18.0 Å². The van der Waals surface area contributed by atoms with Crippen LogP contribution in [0.4, 0.5) is 13.2 Å². The SMILES string of the molecule is O=C(O)c1cc(F)c(F)c(F)c1I. The zero-order valence-electron chi connectivity index (χ0n) is 5.94. The smallest absolute Gasteiger partial charge is 0.336 e. The van der Waals surface area contributed by atoms with E-state index in [1.807, 2.05) is 0 Å². The lowest BCUT2D eigenvalue weighted by Crippen LogP contribution is -2.05. The molecular formula is C7H2F3IO2. The topological polar surface area (TPSA) is 37.3 Å². The molecule has 0 amide bonds. The van der Waals surface area contributed by atoms with Gasteiger partial charge in [-0.15, -0.1) is 0 Å². The molecule has 2 nitrogen and oxygen atoms in total. The van der Waals surface area contributed by atoms with Crippen LogP contribution in [0, 0.1) is 21.0 Å². The molecule has 1 aromatic rings. The van der Waals surface area contributed by atoms with Gasteiger partial charge in [0, 0.05) is 0 Å². The van der Waals surface area contributed by atoms with Crippen LogP contribution >= 0.6 is 22.6 Å². The maximum atomic E-state index is 12.7. The van der Waals surface area contributed by atoms with Crippen molar-refractivity contribution in [2.45, 2.75) is 0 Å². The van der Waals surface area contributed by atoms with Crippen LogP contribution in [-0.2, 0) is 0 Å². The molecule has 1 N–H and O–H groups in total. The van der Waals surface area contributed by atoms with Gasteiger partial charge in [-0.05, 0) is 28.7 Å². The third kappa shape index (κ3) is 1.77. The summed E-state index contributed by atoms with van der Waals surface area (Å²) in [5, 5.41) is 8.44. The Balaban J connectivity index is 3.50. The molecular weight excluding hydrogens is 300 g/mol. The molecule has 0 unspecified atom stereocenters. The first-order chi connectivity index (χ1) is 5.95. The fourth-order valence-electron chi connectivity index (χ4n) is 0.728. The predicted octanol–water partition coefficient (Wildman–Crippen LogP) is 2.41. The van der Waals surface area contributed by atoms with E-state index < -0.39 is 32.6 Å². The van der Waals surface area contributed by atoms with Crippen molar-refractivity contribution >= 4 is 28.6 Å². The molecule has 6 heteroatoms. The average Bonchev–Trinajstić information content (AvgIpc) is 2.07. The third-order valence-corrected chi connectivity index (χ3v) is 2.39. The van der Waals surface area contributed by atoms with E-state index in [9.17, 15) is 18.0 Å². The van der Waals surface area contributed by atoms with E-state index in [0.29, 0.717) is 6.07 Å². The summed E-state index contributed by atoms with van der Waals surface area (Å²) in [6.07, 6.45) is 0. The monoisotopic (exact) mass is 302 g/mol. The summed E-state index contributed by atoms with van der Waals surface area (Å²) in [5.41, 5.74) is -0.586. The quantitative estimate of drug-likeness (QED) is 0.491. The number of benzene rings is 1. The van der Waals surface area contributed by atoms with Gasteiger partial charge in [0.1, 0.15) is 0 Å². The van der Waals surface area contributed by atoms with Gasteiger partial charge in [-0.2, -0.15) is 0 Å². The van der Waals surface area contributed by atoms with Gasteiger partial charge in [0.15, 0.2) is 17.5 Å². The van der Waals surface area contributed by atoms with E-state index in [1.165, 1.54) is 22.6 Å². The first-order valence-electron chi connectivity index (χ1n) is 3.01. The lowest BCUT2D eigenvalue weighted by molar-refractivity contribution is 0.0694. The van der Waals surface area contributed by atoms with Crippen LogP contribution in [0.15, 0.2) is 6.07 Å². The molecule has 0 aliphatic rings. The fraction of sp³-hybridized carbons (Fsp3) is 0. The number of aromatic carboxylic acids is 1. The standard InChI is InChI=1S/C7H2F3IO2/c8-3-1-2(7(12)13)6(11)5(10)4(3)9/h1H,(H,12,13). The average molecular weight is 302 g/mol. The first-order valence-corrected chi connectivity index (χ1v) is 4.09. The van der Waals surface area contributed by atoms with E-state index in [4.69, 9.17) is 5.11 Å². The van der Waals surface area contributed by atoms with Gasteiger partial charge in [0.05, 0.1) is 9.13 Å². The molecule has 0 radical (unpaired) electrons. The Morgan fingerprint density at radius 3 is 2.31 bits per heavy atom. The van der Waals surface area contributed by atoms with E-state index in [1.54, 1.807) is 0 Å². The molecule has 0 aliphatic carbocycles. The predicted molar refractivity (Wildman–Crippen MR) is 46.0 cm³/mol. The summed E-state index contributed by atoms with van der Waals surface area (Å²) in [6, 6.07) is 0.447. The molecule has 0 saturated heterocycles. The van der Waals surface area contributed by atoms with Crippen LogP contribution < -0.4 is 0 Å². The van der Waals surface area contributed by atoms with Crippen molar-refractivity contribution in [3.63, 3.8) is 0 Å². The summed E-state index contributed by atoms with van der Waals surface area (Å²) < 4.78 is 37.3. The lowest BCUT2D eigenvalue weighted by Gasteiger charge is -2.02. The summed E-state index contributed by atoms with van der Waals surface area (Å²) in [6.45, 7) is 0. The van der Waals surface area contributed by atoms with Crippen molar-refractivity contribution in [1.29, 1.82) is 0 Å². The van der Waals surface area contributed by atoms with E-state index in [0.717, 1.165) is 0 Å². The zero-order chi connectivity index (χ0) is 10.2. The molecule has 0 heterocycles. The second-order valence-electron chi connectivity index (χ2n) is 2.15. The summed E-state index contributed by atoms with van der Waals surface area (Å²) in [7, 11) is 0. The van der Waals surface area contributed by atoms with Crippen molar-refractivity contribution in [1.82, 2.24) is 0 Å². The van der Waals surface area contributed by atoms with E-state index >= 15 is 0 Å². The van der Waals surface area contributed by atoms with Gasteiger partial charge >= 0.3 is 5.97 Å². The van der Waals surface area contributed by atoms with Crippen LogP contribution in [0.3, 0.4) is 0 Å². The minimum atomic E-state index is -1.66. The molecule has 0 fully saturated rings. The van der Waals surface area contributed by atoms with Gasteiger partial charge < -0.3 is 5.11 Å². The van der Waals surface area contributed by atoms with E-state index in [-0.39, 0.29) is 0 Å². The molecule has 1 aromatic carbocycles. The first kappa shape index (κ1) is 10.3. The molecule has 1 rings (SSSR count). The zero-order valence-corrected chi connectivity index (χ0v) is 8.10. The van der Waals surface area contributed by atoms with Crippen molar-refractivity contribution in [2.24, 2.45) is 0 Å². The summed E-state index contributed by atoms with van der Waals surface area (Å²) >= 11 is 1.30. The maximum absolute atomic E-state index is 12.7. The molecule has 70 valence electrons. The van der Waals surface area contributed by atoms with Crippen LogP contribution in [0.25, 0.3) is 0 Å². The van der Waals surface area contributed by atoms with Gasteiger partial charge in [-0.1, -0.05) is 0 Å². The van der Waals surface area contributed by atoms with Crippen molar-refractivity contribution in [3.05, 3.63) is 32.7 Å². The second-order valence-corrected chi connectivity index (χ2v) is 3.23. The van der Waals surface area contributed by atoms with Gasteiger partial charge in [-0.3, -0.25) is 0 Å². The van der Waals surface area contributed by atoms with Crippen LogP contribution in [0.1, 0.15) is 10.4 Å². The summed E-state index contributed by atoms with van der Waals surface area (Å²) in [5.74, 6) is -6.13. The Morgan fingerprint density at radius 2 is 1.85 bits per heavy atom. The molecule has 13 heavy (non-hydrogen) atoms. The largest absolute Gasteiger partial charge is 0.478 e. The molecule has 0 atom stereocenters. The van der Waals surface area contributed by atoms with E-state index in [2.05, 4.69) is 0 Å². The maximum Gasteiger partial charge on any atom is 0.336 e. The number of carboxylic acid groups (broad SMARTS) is 1. The van der Waals surface area contributed by atoms with Crippen LogP contribution in [0.2, 0.25) is 0 Å². The molecule has 0 spiro atoms. The Bertz CT molecular complexity index is 378. The minimum Gasteiger partial charge on any atom is -0.478 e. The Kier molecular flexibility index (Phi) is 2.79. The van der Waals surface area contributed by atoms with Crippen molar-refractivity contribution in [3.8, 4) is 0 Å².